The normalized spacial score (nSPS) is 34.1. The maximum atomic E-state index is 13.3. The minimum Gasteiger partial charge on any atom is -0.368 e. The van der Waals surface area contributed by atoms with E-state index < -0.39 is 0 Å². The second-order valence-electron chi connectivity index (χ2n) is 9.57. The first kappa shape index (κ1) is 20.0. The molecule has 5 rings (SSSR count). The molecule has 2 saturated heterocycles. The Morgan fingerprint density at radius 3 is 2.60 bits per heavy atom. The Labute approximate surface area is 178 Å². The van der Waals surface area contributed by atoms with Gasteiger partial charge in [-0.15, -0.1) is 0 Å². The first-order valence-electron chi connectivity index (χ1n) is 11.8. The summed E-state index contributed by atoms with van der Waals surface area (Å²) in [6, 6.07) is 5.67. The summed E-state index contributed by atoms with van der Waals surface area (Å²) >= 11 is 0. The fourth-order valence-corrected chi connectivity index (χ4v) is 6.08. The molecule has 2 aliphatic carbocycles. The molecule has 1 aromatic rings. The van der Waals surface area contributed by atoms with Crippen molar-refractivity contribution in [3.63, 3.8) is 0 Å². The van der Waals surface area contributed by atoms with Crippen molar-refractivity contribution in [2.24, 2.45) is 23.7 Å². The maximum Gasteiger partial charge on any atom is 0.249 e. The van der Waals surface area contributed by atoms with Gasteiger partial charge in [0.25, 0.3) is 0 Å². The summed E-state index contributed by atoms with van der Waals surface area (Å²) in [7, 11) is 0. The van der Waals surface area contributed by atoms with Crippen molar-refractivity contribution < 1.29 is 14.3 Å². The van der Waals surface area contributed by atoms with Crippen LogP contribution in [-0.2, 0) is 14.3 Å². The molecule has 2 aliphatic heterocycles. The molecule has 6 nitrogen and oxygen atoms in total. The molecule has 0 aromatic carbocycles. The highest BCUT2D eigenvalue weighted by Gasteiger charge is 2.56. The standard InChI is InChI=1S/C24H33N3O3/c28-23(20-11-6-14-30-20)26-22(19-10-3-4-12-25-19)16-7-5-13-27(15-16)24(29)21-17-8-1-2-9-18(17)21/h3-4,10,12,16-18,20-22H,1-2,5-9,11,13-15H2,(H,26,28)/t16-,17-,18-,20-,22-/m0/s1. The lowest BCUT2D eigenvalue weighted by Gasteiger charge is -2.37. The molecule has 4 aliphatic rings. The SMILES string of the molecule is O=C(N[C@H](c1ccccn1)[C@H]1CCCN(C(=O)C2[C@H]3CCCC[C@H]23)C1)[C@@H]1CCCO1. The number of aromatic nitrogens is 1. The minimum absolute atomic E-state index is 0.0418. The number of ether oxygens (including phenoxy) is 1. The Bertz CT molecular complexity index is 752. The molecule has 1 aromatic heterocycles. The predicted molar refractivity (Wildman–Crippen MR) is 112 cm³/mol. The molecule has 2 amide bonds. The highest BCUT2D eigenvalue weighted by Crippen LogP contribution is 2.56. The van der Waals surface area contributed by atoms with Gasteiger partial charge in [0.1, 0.15) is 6.10 Å². The van der Waals surface area contributed by atoms with E-state index in [1.807, 2.05) is 18.2 Å². The molecule has 0 spiro atoms. The number of carbonyl (C=O) groups is 2. The van der Waals surface area contributed by atoms with Crippen LogP contribution in [0.15, 0.2) is 24.4 Å². The van der Waals surface area contributed by atoms with Crippen molar-refractivity contribution in [2.75, 3.05) is 19.7 Å². The van der Waals surface area contributed by atoms with Gasteiger partial charge in [-0.3, -0.25) is 14.6 Å². The number of nitrogens with zero attached hydrogens (tertiary/aromatic N) is 2. The van der Waals surface area contributed by atoms with Crippen LogP contribution < -0.4 is 5.32 Å². The molecule has 162 valence electrons. The Morgan fingerprint density at radius 1 is 1.07 bits per heavy atom. The third-order valence-electron chi connectivity index (χ3n) is 7.71. The van der Waals surface area contributed by atoms with Gasteiger partial charge in [0, 0.05) is 37.7 Å². The van der Waals surface area contributed by atoms with Gasteiger partial charge in [-0.25, -0.2) is 0 Å². The van der Waals surface area contributed by atoms with Crippen LogP contribution in [0.3, 0.4) is 0 Å². The van der Waals surface area contributed by atoms with Crippen molar-refractivity contribution >= 4 is 11.8 Å². The number of piperidine rings is 1. The van der Waals surface area contributed by atoms with E-state index in [0.717, 1.165) is 37.9 Å². The van der Waals surface area contributed by atoms with Gasteiger partial charge in [0.05, 0.1) is 11.7 Å². The second kappa shape index (κ2) is 8.66. The summed E-state index contributed by atoms with van der Waals surface area (Å²) < 4.78 is 5.60. The molecule has 0 unspecified atom stereocenters. The number of hydrogen-bond donors (Lipinski definition) is 1. The van der Waals surface area contributed by atoms with Crippen molar-refractivity contribution in [3.8, 4) is 0 Å². The van der Waals surface area contributed by atoms with Crippen LogP contribution in [0, 0.1) is 23.7 Å². The lowest BCUT2D eigenvalue weighted by Crippen LogP contribution is -2.47. The summed E-state index contributed by atoms with van der Waals surface area (Å²) in [6.07, 6.45) is 10.1. The van der Waals surface area contributed by atoms with E-state index in [-0.39, 0.29) is 29.9 Å². The van der Waals surface area contributed by atoms with E-state index in [4.69, 9.17) is 4.74 Å². The minimum atomic E-state index is -0.355. The number of pyridine rings is 1. The summed E-state index contributed by atoms with van der Waals surface area (Å²) in [5.41, 5.74) is 0.878. The molecule has 3 heterocycles. The molecule has 4 fully saturated rings. The third-order valence-corrected chi connectivity index (χ3v) is 7.71. The lowest BCUT2D eigenvalue weighted by atomic mass is 9.88. The smallest absolute Gasteiger partial charge is 0.249 e. The number of likely N-dealkylation sites (tertiary alicyclic amines) is 1. The quantitative estimate of drug-likeness (QED) is 0.808. The monoisotopic (exact) mass is 411 g/mol. The van der Waals surface area contributed by atoms with Gasteiger partial charge in [0.15, 0.2) is 0 Å². The fraction of sp³-hybridized carbons (Fsp3) is 0.708. The zero-order valence-corrected chi connectivity index (χ0v) is 17.7. The summed E-state index contributed by atoms with van der Waals surface area (Å²) in [6.45, 7) is 2.21. The Kier molecular flexibility index (Phi) is 5.77. The third kappa shape index (κ3) is 3.98. The number of carbonyl (C=O) groups excluding carboxylic acids is 2. The van der Waals surface area contributed by atoms with E-state index in [9.17, 15) is 9.59 Å². The van der Waals surface area contributed by atoms with E-state index in [1.165, 1.54) is 25.7 Å². The summed E-state index contributed by atoms with van der Waals surface area (Å²) in [5, 5.41) is 3.23. The number of nitrogens with one attached hydrogen (secondary N) is 1. The first-order chi connectivity index (χ1) is 14.7. The Balaban J connectivity index is 1.29. The van der Waals surface area contributed by atoms with E-state index in [2.05, 4.69) is 15.2 Å². The van der Waals surface area contributed by atoms with E-state index in [1.54, 1.807) is 6.20 Å². The number of rotatable bonds is 5. The molecule has 0 bridgehead atoms. The van der Waals surface area contributed by atoms with Gasteiger partial charge in [-0.05, 0) is 62.5 Å². The zero-order valence-electron chi connectivity index (χ0n) is 17.7. The van der Waals surface area contributed by atoms with Crippen molar-refractivity contribution in [1.82, 2.24) is 15.2 Å². The first-order valence-corrected chi connectivity index (χ1v) is 11.8. The fourth-order valence-electron chi connectivity index (χ4n) is 6.08. The molecular weight excluding hydrogens is 378 g/mol. The van der Waals surface area contributed by atoms with Crippen LogP contribution in [0.1, 0.15) is 63.1 Å². The van der Waals surface area contributed by atoms with E-state index >= 15 is 0 Å². The topological polar surface area (TPSA) is 71.5 Å². The van der Waals surface area contributed by atoms with Crippen LogP contribution in [0.4, 0.5) is 0 Å². The Morgan fingerprint density at radius 2 is 1.90 bits per heavy atom. The van der Waals surface area contributed by atoms with E-state index in [0.29, 0.717) is 30.9 Å². The largest absolute Gasteiger partial charge is 0.368 e. The molecule has 2 saturated carbocycles. The van der Waals surface area contributed by atoms with Gasteiger partial charge in [-0.1, -0.05) is 18.9 Å². The predicted octanol–water partition coefficient (Wildman–Crippen LogP) is 3.09. The highest BCUT2D eigenvalue weighted by molar-refractivity contribution is 5.83. The van der Waals surface area contributed by atoms with Gasteiger partial charge in [0.2, 0.25) is 11.8 Å². The van der Waals surface area contributed by atoms with Crippen LogP contribution in [0.2, 0.25) is 0 Å². The Hall–Kier alpha value is -1.95. The van der Waals surface area contributed by atoms with Gasteiger partial charge < -0.3 is 15.0 Å². The van der Waals surface area contributed by atoms with Crippen LogP contribution >= 0.6 is 0 Å². The average Bonchev–Trinajstić information content (AvgIpc) is 3.25. The molecule has 0 radical (unpaired) electrons. The average molecular weight is 412 g/mol. The van der Waals surface area contributed by atoms with Crippen molar-refractivity contribution in [2.45, 2.75) is 63.5 Å². The van der Waals surface area contributed by atoms with Crippen molar-refractivity contribution in [3.05, 3.63) is 30.1 Å². The zero-order chi connectivity index (χ0) is 20.5. The van der Waals surface area contributed by atoms with Crippen molar-refractivity contribution in [1.29, 1.82) is 0 Å². The highest BCUT2D eigenvalue weighted by atomic mass is 16.5. The van der Waals surface area contributed by atoms with Crippen LogP contribution in [0.5, 0.6) is 0 Å². The molecular formula is C24H33N3O3. The molecule has 6 heteroatoms. The molecule has 30 heavy (non-hydrogen) atoms. The maximum absolute atomic E-state index is 13.3. The van der Waals surface area contributed by atoms with Crippen LogP contribution in [-0.4, -0.2) is 47.5 Å². The molecule has 5 atom stereocenters. The molecule has 1 N–H and O–H groups in total. The number of amides is 2. The number of fused-ring (bicyclic) bond motifs is 1. The van der Waals surface area contributed by atoms with Gasteiger partial charge in [-0.2, -0.15) is 0 Å². The number of hydrogen-bond acceptors (Lipinski definition) is 4. The summed E-state index contributed by atoms with van der Waals surface area (Å²) in [4.78, 5) is 32.7. The second-order valence-corrected chi connectivity index (χ2v) is 9.57. The van der Waals surface area contributed by atoms with Crippen LogP contribution in [0.25, 0.3) is 0 Å². The summed E-state index contributed by atoms with van der Waals surface area (Å²) in [5.74, 6) is 2.04. The van der Waals surface area contributed by atoms with Gasteiger partial charge >= 0.3 is 0 Å². The lowest BCUT2D eigenvalue weighted by molar-refractivity contribution is -0.135.